The van der Waals surface area contributed by atoms with E-state index in [1.807, 2.05) is 24.3 Å². The maximum atomic E-state index is 12.3. The number of amides is 1. The average molecular weight is 354 g/mol. The quantitative estimate of drug-likeness (QED) is 0.582. The SMILES string of the molecule is CCCC[C@@H]1C(=O)N(CC(=O)OC)[C@H]1c1ccc(Br)cc1. The van der Waals surface area contributed by atoms with Crippen LogP contribution >= 0.6 is 15.9 Å². The minimum Gasteiger partial charge on any atom is -0.468 e. The maximum absolute atomic E-state index is 12.3. The topological polar surface area (TPSA) is 46.6 Å². The van der Waals surface area contributed by atoms with Crippen LogP contribution in [0, 0.1) is 5.92 Å². The molecule has 114 valence electrons. The number of β-lactam (4-membered cyclic amide) rings is 1. The lowest BCUT2D eigenvalue weighted by Gasteiger charge is -2.47. The number of carbonyl (C=O) groups excluding carboxylic acids is 2. The van der Waals surface area contributed by atoms with Crippen LogP contribution in [0.15, 0.2) is 28.7 Å². The molecule has 1 saturated heterocycles. The molecule has 0 aliphatic carbocycles. The summed E-state index contributed by atoms with van der Waals surface area (Å²) in [5.74, 6) is -0.336. The summed E-state index contributed by atoms with van der Waals surface area (Å²) < 4.78 is 5.69. The molecule has 2 rings (SSSR count). The fourth-order valence-corrected chi connectivity index (χ4v) is 3.04. The highest BCUT2D eigenvalue weighted by molar-refractivity contribution is 9.10. The summed E-state index contributed by atoms with van der Waals surface area (Å²) in [6, 6.07) is 7.92. The van der Waals surface area contributed by atoms with E-state index in [2.05, 4.69) is 27.6 Å². The summed E-state index contributed by atoms with van der Waals surface area (Å²) >= 11 is 3.42. The van der Waals surface area contributed by atoms with E-state index >= 15 is 0 Å². The molecule has 1 aliphatic rings. The lowest BCUT2D eigenvalue weighted by Crippen LogP contribution is -2.56. The van der Waals surface area contributed by atoms with Crippen LogP contribution in [0.25, 0.3) is 0 Å². The number of unbranched alkanes of at least 4 members (excludes halogenated alkanes) is 1. The third kappa shape index (κ3) is 3.46. The number of benzene rings is 1. The number of rotatable bonds is 6. The van der Waals surface area contributed by atoms with Crippen LogP contribution in [0.3, 0.4) is 0 Å². The third-order valence-corrected chi connectivity index (χ3v) is 4.45. The molecule has 0 spiro atoms. The zero-order valence-corrected chi connectivity index (χ0v) is 13.9. The number of nitrogens with zero attached hydrogens (tertiary/aromatic N) is 1. The van der Waals surface area contributed by atoms with E-state index in [0.717, 1.165) is 29.3 Å². The second kappa shape index (κ2) is 7.07. The number of esters is 1. The molecule has 0 N–H and O–H groups in total. The van der Waals surface area contributed by atoms with Crippen molar-refractivity contribution < 1.29 is 14.3 Å². The summed E-state index contributed by atoms with van der Waals surface area (Å²) in [5.41, 5.74) is 1.07. The van der Waals surface area contributed by atoms with Gasteiger partial charge in [-0.25, -0.2) is 0 Å². The van der Waals surface area contributed by atoms with Crippen molar-refractivity contribution in [2.24, 2.45) is 5.92 Å². The molecule has 0 saturated carbocycles. The maximum Gasteiger partial charge on any atom is 0.325 e. The van der Waals surface area contributed by atoms with E-state index in [9.17, 15) is 9.59 Å². The fraction of sp³-hybridized carbons (Fsp3) is 0.500. The molecule has 1 amide bonds. The molecule has 0 aromatic heterocycles. The van der Waals surface area contributed by atoms with Crippen LogP contribution < -0.4 is 0 Å². The molecule has 0 unspecified atom stereocenters. The van der Waals surface area contributed by atoms with Gasteiger partial charge in [-0.05, 0) is 24.1 Å². The standard InChI is InChI=1S/C16H20BrNO3/c1-3-4-5-13-15(11-6-8-12(17)9-7-11)18(16(13)20)10-14(19)21-2/h6-9,13,15H,3-5,10H2,1-2H3/t13-,15-/m0/s1. The molecular formula is C16H20BrNO3. The smallest absolute Gasteiger partial charge is 0.325 e. The Bertz CT molecular complexity index is 515. The van der Waals surface area contributed by atoms with Crippen LogP contribution in [-0.4, -0.2) is 30.4 Å². The van der Waals surface area contributed by atoms with E-state index < -0.39 is 0 Å². The monoisotopic (exact) mass is 353 g/mol. The molecule has 1 aromatic rings. The first kappa shape index (κ1) is 16.0. The predicted octanol–water partition coefficient (Wildman–Crippen LogP) is 3.31. The van der Waals surface area contributed by atoms with E-state index in [1.165, 1.54) is 7.11 Å². The van der Waals surface area contributed by atoms with Gasteiger partial charge in [-0.3, -0.25) is 9.59 Å². The molecular weight excluding hydrogens is 334 g/mol. The summed E-state index contributed by atoms with van der Waals surface area (Å²) in [6.45, 7) is 2.14. The van der Waals surface area contributed by atoms with Crippen molar-refractivity contribution in [2.45, 2.75) is 32.2 Å². The highest BCUT2D eigenvalue weighted by Crippen LogP contribution is 2.42. The number of halogens is 1. The largest absolute Gasteiger partial charge is 0.468 e. The van der Waals surface area contributed by atoms with Gasteiger partial charge in [0.2, 0.25) is 5.91 Å². The molecule has 0 radical (unpaired) electrons. The molecule has 1 heterocycles. The summed E-state index contributed by atoms with van der Waals surface area (Å²) in [6.07, 6.45) is 2.96. The van der Waals surface area contributed by atoms with Crippen molar-refractivity contribution in [2.75, 3.05) is 13.7 Å². The number of ether oxygens (including phenoxy) is 1. The number of hydrogen-bond donors (Lipinski definition) is 0. The molecule has 5 heteroatoms. The van der Waals surface area contributed by atoms with Crippen molar-refractivity contribution in [3.63, 3.8) is 0 Å². The van der Waals surface area contributed by atoms with Gasteiger partial charge in [-0.15, -0.1) is 0 Å². The fourth-order valence-electron chi connectivity index (χ4n) is 2.78. The Labute approximate surface area is 133 Å². The zero-order chi connectivity index (χ0) is 15.4. The van der Waals surface area contributed by atoms with Crippen molar-refractivity contribution in [1.29, 1.82) is 0 Å². The third-order valence-electron chi connectivity index (χ3n) is 3.92. The summed E-state index contributed by atoms with van der Waals surface area (Å²) in [7, 11) is 1.34. The summed E-state index contributed by atoms with van der Waals surface area (Å²) in [4.78, 5) is 25.4. The highest BCUT2D eigenvalue weighted by atomic mass is 79.9. The average Bonchev–Trinajstić information content (AvgIpc) is 2.50. The lowest BCUT2D eigenvalue weighted by molar-refractivity contribution is -0.165. The van der Waals surface area contributed by atoms with Gasteiger partial charge in [-0.2, -0.15) is 0 Å². The lowest BCUT2D eigenvalue weighted by atomic mass is 9.79. The van der Waals surface area contributed by atoms with Crippen LogP contribution in [-0.2, 0) is 14.3 Å². The van der Waals surface area contributed by atoms with Crippen molar-refractivity contribution >= 4 is 27.8 Å². The van der Waals surface area contributed by atoms with Crippen molar-refractivity contribution in [1.82, 2.24) is 4.90 Å². The van der Waals surface area contributed by atoms with Gasteiger partial charge in [0.1, 0.15) is 6.54 Å². The molecule has 1 fully saturated rings. The first-order chi connectivity index (χ1) is 10.1. The van der Waals surface area contributed by atoms with Crippen molar-refractivity contribution in [3.05, 3.63) is 34.3 Å². The Morgan fingerprint density at radius 2 is 2.00 bits per heavy atom. The van der Waals surface area contributed by atoms with Crippen LogP contribution in [0.4, 0.5) is 0 Å². The van der Waals surface area contributed by atoms with E-state index in [-0.39, 0.29) is 30.4 Å². The summed E-state index contributed by atoms with van der Waals surface area (Å²) in [5, 5.41) is 0. The van der Waals surface area contributed by atoms with Crippen LogP contribution in [0.1, 0.15) is 37.8 Å². The normalized spacial score (nSPS) is 21.1. The minimum absolute atomic E-state index is 0.0174. The Morgan fingerprint density at radius 1 is 1.33 bits per heavy atom. The molecule has 0 bridgehead atoms. The Hall–Kier alpha value is -1.36. The first-order valence-corrected chi connectivity index (χ1v) is 8.00. The van der Waals surface area contributed by atoms with E-state index in [0.29, 0.717) is 0 Å². The molecule has 1 aliphatic heterocycles. The Kier molecular flexibility index (Phi) is 5.39. The van der Waals surface area contributed by atoms with Gasteiger partial charge in [0, 0.05) is 4.47 Å². The predicted molar refractivity (Wildman–Crippen MR) is 83.6 cm³/mol. The Morgan fingerprint density at radius 3 is 2.57 bits per heavy atom. The van der Waals surface area contributed by atoms with E-state index in [1.54, 1.807) is 4.90 Å². The van der Waals surface area contributed by atoms with E-state index in [4.69, 9.17) is 0 Å². The zero-order valence-electron chi connectivity index (χ0n) is 12.3. The molecule has 21 heavy (non-hydrogen) atoms. The van der Waals surface area contributed by atoms with Gasteiger partial charge >= 0.3 is 5.97 Å². The van der Waals surface area contributed by atoms with Gasteiger partial charge < -0.3 is 9.64 Å². The molecule has 4 nitrogen and oxygen atoms in total. The Balaban J connectivity index is 2.18. The van der Waals surface area contributed by atoms with Gasteiger partial charge in [0.05, 0.1) is 19.1 Å². The van der Waals surface area contributed by atoms with Gasteiger partial charge in [-0.1, -0.05) is 47.8 Å². The van der Waals surface area contributed by atoms with Crippen molar-refractivity contribution in [3.8, 4) is 0 Å². The molecule has 2 atom stereocenters. The van der Waals surface area contributed by atoms with Gasteiger partial charge in [0.25, 0.3) is 0 Å². The van der Waals surface area contributed by atoms with Crippen LogP contribution in [0.2, 0.25) is 0 Å². The number of likely N-dealkylation sites (tertiary alicyclic amines) is 1. The second-order valence-corrected chi connectivity index (χ2v) is 6.20. The molecule has 1 aromatic carbocycles. The van der Waals surface area contributed by atoms with Crippen LogP contribution in [0.5, 0.6) is 0 Å². The number of carbonyl (C=O) groups is 2. The minimum atomic E-state index is -0.376. The van der Waals surface area contributed by atoms with Gasteiger partial charge in [0.15, 0.2) is 0 Å². The number of hydrogen-bond acceptors (Lipinski definition) is 3. The highest BCUT2D eigenvalue weighted by Gasteiger charge is 2.47. The second-order valence-electron chi connectivity index (χ2n) is 5.29. The first-order valence-electron chi connectivity index (χ1n) is 7.21. The number of methoxy groups -OCH3 is 1.